The molecule has 1 aromatic carbocycles. The van der Waals surface area contributed by atoms with Gasteiger partial charge in [0.05, 0.1) is 38.1 Å². The monoisotopic (exact) mass is 444 g/mol. The second kappa shape index (κ2) is 8.55. The highest BCUT2D eigenvalue weighted by atomic mass is 32.2. The van der Waals surface area contributed by atoms with Gasteiger partial charge in [0.15, 0.2) is 0 Å². The van der Waals surface area contributed by atoms with E-state index in [2.05, 4.69) is 10.3 Å². The highest BCUT2D eigenvalue weighted by molar-refractivity contribution is 7.89. The Morgan fingerprint density at radius 2 is 1.80 bits per heavy atom. The van der Waals surface area contributed by atoms with Crippen LogP contribution in [-0.4, -0.2) is 51.8 Å². The molecule has 0 saturated heterocycles. The van der Waals surface area contributed by atoms with Crippen LogP contribution in [0.15, 0.2) is 52.7 Å². The lowest BCUT2D eigenvalue weighted by Crippen LogP contribution is -2.23. The second-order valence-corrected chi connectivity index (χ2v) is 10.2. The first-order valence-electron chi connectivity index (χ1n) is 9.18. The zero-order valence-electron chi connectivity index (χ0n) is 17.5. The van der Waals surface area contributed by atoms with Gasteiger partial charge >= 0.3 is 0 Å². The van der Waals surface area contributed by atoms with Crippen molar-refractivity contribution in [1.29, 1.82) is 0 Å². The summed E-state index contributed by atoms with van der Waals surface area (Å²) < 4.78 is 26.2. The first-order valence-corrected chi connectivity index (χ1v) is 11.5. The molecule has 0 spiro atoms. The zero-order valence-corrected chi connectivity index (χ0v) is 19.1. The number of amides is 1. The summed E-state index contributed by atoms with van der Waals surface area (Å²) in [5.41, 5.74) is 2.95. The van der Waals surface area contributed by atoms with Gasteiger partial charge in [0.2, 0.25) is 10.0 Å². The number of benzene rings is 1. The molecular weight excluding hydrogens is 420 g/mol. The van der Waals surface area contributed by atoms with Crippen LogP contribution in [0.25, 0.3) is 10.6 Å². The van der Waals surface area contributed by atoms with E-state index in [1.165, 1.54) is 26.2 Å². The van der Waals surface area contributed by atoms with E-state index in [1.54, 1.807) is 30.4 Å². The molecule has 0 aliphatic heterocycles. The summed E-state index contributed by atoms with van der Waals surface area (Å²) in [6, 6.07) is 12.2. The van der Waals surface area contributed by atoms with Gasteiger partial charge in [0.25, 0.3) is 5.91 Å². The Balaban J connectivity index is 1.96. The standard InChI is InChI=1S/C21H24N4O3S2/c1-14-16(9-10-17(22-14)20-7-6-12-29-20)21(26)23-18-13-15(30(27,28)25(4)5)8-11-19(18)24(2)3/h6-13H,1-5H3,(H,23,26). The number of nitrogens with zero attached hydrogens (tertiary/aromatic N) is 3. The third-order valence-electron chi connectivity index (χ3n) is 4.58. The Bertz CT molecular complexity index is 1170. The van der Waals surface area contributed by atoms with Crippen LogP contribution in [-0.2, 0) is 10.0 Å². The summed E-state index contributed by atoms with van der Waals surface area (Å²) in [6.45, 7) is 1.78. The topological polar surface area (TPSA) is 82.6 Å². The van der Waals surface area contributed by atoms with E-state index in [4.69, 9.17) is 0 Å². The normalized spacial score (nSPS) is 11.5. The van der Waals surface area contributed by atoms with Crippen molar-refractivity contribution in [3.63, 3.8) is 0 Å². The van der Waals surface area contributed by atoms with E-state index in [0.717, 1.165) is 14.9 Å². The smallest absolute Gasteiger partial charge is 0.257 e. The fourth-order valence-electron chi connectivity index (χ4n) is 2.93. The van der Waals surface area contributed by atoms with E-state index in [0.29, 0.717) is 22.6 Å². The van der Waals surface area contributed by atoms with Gasteiger partial charge in [-0.1, -0.05) is 6.07 Å². The molecule has 7 nitrogen and oxygen atoms in total. The molecule has 1 N–H and O–H groups in total. The molecule has 2 aromatic heterocycles. The minimum absolute atomic E-state index is 0.108. The Labute approximate surface area is 181 Å². The molecule has 3 rings (SSSR count). The van der Waals surface area contributed by atoms with Crippen LogP contribution in [0, 0.1) is 6.92 Å². The van der Waals surface area contributed by atoms with E-state index in [-0.39, 0.29) is 10.8 Å². The van der Waals surface area contributed by atoms with Crippen LogP contribution in [0.4, 0.5) is 11.4 Å². The maximum absolute atomic E-state index is 13.0. The van der Waals surface area contributed by atoms with Crippen LogP contribution < -0.4 is 10.2 Å². The maximum atomic E-state index is 13.0. The SMILES string of the molecule is Cc1nc(-c2cccs2)ccc1C(=O)Nc1cc(S(=O)(=O)N(C)C)ccc1N(C)C. The number of thiophene rings is 1. The van der Waals surface area contributed by atoms with E-state index in [1.807, 2.05) is 42.6 Å². The third-order valence-corrected chi connectivity index (χ3v) is 7.28. The number of carbonyl (C=O) groups is 1. The summed E-state index contributed by atoms with van der Waals surface area (Å²) in [7, 11) is 2.97. The van der Waals surface area contributed by atoms with Crippen molar-refractivity contribution in [2.45, 2.75) is 11.8 Å². The molecule has 0 fully saturated rings. The van der Waals surface area contributed by atoms with Gasteiger partial charge in [-0.05, 0) is 48.7 Å². The van der Waals surface area contributed by atoms with Crippen molar-refractivity contribution in [2.75, 3.05) is 38.4 Å². The summed E-state index contributed by atoms with van der Waals surface area (Å²) in [6.07, 6.45) is 0. The van der Waals surface area contributed by atoms with Gasteiger partial charge in [0, 0.05) is 28.2 Å². The van der Waals surface area contributed by atoms with Crippen LogP contribution in [0.5, 0.6) is 0 Å². The predicted molar refractivity (Wildman–Crippen MR) is 122 cm³/mol. The number of aryl methyl sites for hydroxylation is 1. The number of nitrogens with one attached hydrogen (secondary N) is 1. The van der Waals surface area contributed by atoms with Gasteiger partial charge in [-0.2, -0.15) is 0 Å². The Morgan fingerprint density at radius 3 is 2.37 bits per heavy atom. The number of anilines is 2. The average Bonchev–Trinajstić information content (AvgIpc) is 3.22. The van der Waals surface area contributed by atoms with Gasteiger partial charge in [-0.25, -0.2) is 12.7 Å². The molecule has 0 aliphatic rings. The molecule has 0 radical (unpaired) electrons. The molecule has 1 amide bonds. The molecule has 3 aromatic rings. The maximum Gasteiger partial charge on any atom is 0.257 e. The van der Waals surface area contributed by atoms with Crippen LogP contribution in [0.2, 0.25) is 0 Å². The molecular formula is C21H24N4O3S2. The number of carbonyl (C=O) groups excluding carboxylic acids is 1. The fourth-order valence-corrected chi connectivity index (χ4v) is 4.55. The van der Waals surface area contributed by atoms with Gasteiger partial charge in [-0.3, -0.25) is 9.78 Å². The Hall–Kier alpha value is -2.75. The quantitative estimate of drug-likeness (QED) is 0.627. The fraction of sp³-hybridized carbons (Fsp3) is 0.238. The van der Waals surface area contributed by atoms with Crippen molar-refractivity contribution in [1.82, 2.24) is 9.29 Å². The van der Waals surface area contributed by atoms with E-state index < -0.39 is 10.0 Å². The van der Waals surface area contributed by atoms with Crippen LogP contribution >= 0.6 is 11.3 Å². The molecule has 2 heterocycles. The number of sulfonamides is 1. The van der Waals surface area contributed by atoms with Gasteiger partial charge < -0.3 is 10.2 Å². The van der Waals surface area contributed by atoms with E-state index in [9.17, 15) is 13.2 Å². The van der Waals surface area contributed by atoms with Crippen LogP contribution in [0.3, 0.4) is 0 Å². The minimum atomic E-state index is -3.63. The lowest BCUT2D eigenvalue weighted by molar-refractivity contribution is 0.102. The largest absolute Gasteiger partial charge is 0.376 e. The molecule has 0 saturated carbocycles. The second-order valence-electron chi connectivity index (χ2n) is 7.12. The van der Waals surface area contributed by atoms with Crippen molar-refractivity contribution < 1.29 is 13.2 Å². The molecule has 9 heteroatoms. The molecule has 0 aliphatic carbocycles. The summed E-state index contributed by atoms with van der Waals surface area (Å²) in [5, 5.41) is 4.83. The highest BCUT2D eigenvalue weighted by Gasteiger charge is 2.21. The van der Waals surface area contributed by atoms with Gasteiger partial charge in [-0.15, -0.1) is 11.3 Å². The molecule has 0 bridgehead atoms. The van der Waals surface area contributed by atoms with E-state index >= 15 is 0 Å². The van der Waals surface area contributed by atoms with Crippen molar-refractivity contribution >= 4 is 38.6 Å². The first-order chi connectivity index (χ1) is 14.1. The van der Waals surface area contributed by atoms with Crippen molar-refractivity contribution in [3.8, 4) is 10.6 Å². The zero-order chi connectivity index (χ0) is 22.1. The Morgan fingerprint density at radius 1 is 1.07 bits per heavy atom. The third kappa shape index (κ3) is 4.38. The number of rotatable bonds is 6. The predicted octanol–water partition coefficient (Wildman–Crippen LogP) is 3.69. The lowest BCUT2D eigenvalue weighted by Gasteiger charge is -2.20. The highest BCUT2D eigenvalue weighted by Crippen LogP contribution is 2.30. The molecule has 0 atom stereocenters. The average molecular weight is 445 g/mol. The molecule has 158 valence electrons. The number of hydrogen-bond donors (Lipinski definition) is 1. The molecule has 0 unspecified atom stereocenters. The summed E-state index contributed by atoms with van der Waals surface area (Å²) >= 11 is 1.58. The minimum Gasteiger partial charge on any atom is -0.376 e. The number of hydrogen-bond acceptors (Lipinski definition) is 6. The van der Waals surface area contributed by atoms with Crippen molar-refractivity contribution in [3.05, 3.63) is 59.1 Å². The van der Waals surface area contributed by atoms with Gasteiger partial charge in [0.1, 0.15) is 0 Å². The first kappa shape index (κ1) is 21.9. The number of pyridine rings is 1. The lowest BCUT2D eigenvalue weighted by atomic mass is 10.1. The Kier molecular flexibility index (Phi) is 6.25. The molecule has 30 heavy (non-hydrogen) atoms. The number of aromatic nitrogens is 1. The summed E-state index contributed by atoms with van der Waals surface area (Å²) in [4.78, 5) is 20.5. The van der Waals surface area contributed by atoms with Crippen LogP contribution in [0.1, 0.15) is 16.1 Å². The summed E-state index contributed by atoms with van der Waals surface area (Å²) in [5.74, 6) is -0.347. The van der Waals surface area contributed by atoms with Crippen molar-refractivity contribution in [2.24, 2.45) is 0 Å².